The lowest BCUT2D eigenvalue weighted by molar-refractivity contribution is -0.120. The number of amides is 1. The summed E-state index contributed by atoms with van der Waals surface area (Å²) < 4.78 is 30.8. The molecule has 1 fully saturated rings. The van der Waals surface area contributed by atoms with Gasteiger partial charge >= 0.3 is 5.97 Å². The number of sulfonamides is 1. The van der Waals surface area contributed by atoms with Crippen LogP contribution in [0.2, 0.25) is 0 Å². The highest BCUT2D eigenvalue weighted by atomic mass is 32.2. The van der Waals surface area contributed by atoms with Gasteiger partial charge in [-0.3, -0.25) is 4.79 Å². The minimum absolute atomic E-state index is 0.108. The lowest BCUT2D eigenvalue weighted by Crippen LogP contribution is -2.44. The van der Waals surface area contributed by atoms with Crippen LogP contribution in [0.25, 0.3) is 0 Å². The van der Waals surface area contributed by atoms with Gasteiger partial charge in [0.15, 0.2) is 0 Å². The van der Waals surface area contributed by atoms with Gasteiger partial charge in [-0.25, -0.2) is 17.5 Å². The third-order valence-electron chi connectivity index (χ3n) is 4.27. The Bertz CT molecular complexity index is 730. The van der Waals surface area contributed by atoms with Crippen molar-refractivity contribution in [3.8, 4) is 0 Å². The van der Waals surface area contributed by atoms with Crippen molar-refractivity contribution in [3.05, 3.63) is 29.8 Å². The predicted molar refractivity (Wildman–Crippen MR) is 99.4 cm³/mol. The van der Waals surface area contributed by atoms with Gasteiger partial charge in [0.2, 0.25) is 15.9 Å². The zero-order valence-corrected chi connectivity index (χ0v) is 16.0. The van der Waals surface area contributed by atoms with Crippen molar-refractivity contribution < 1.29 is 22.7 Å². The minimum Gasteiger partial charge on any atom is -0.462 e. The Kier molecular flexibility index (Phi) is 7.16. The molecule has 0 radical (unpaired) electrons. The molecule has 0 saturated carbocycles. The number of anilines is 1. The fourth-order valence-electron chi connectivity index (χ4n) is 2.94. The standard InChI is InChI=1S/C18H26N2O5S/c1-3-12-26(23,24)20-11-5-6-15(13-20)17(21)19-16-9-7-14(8-10-16)18(22)25-4-2/h7-10,15H,3-6,11-13H2,1-2H3,(H,19,21)/t15-/m1/s1. The molecule has 0 spiro atoms. The summed E-state index contributed by atoms with van der Waals surface area (Å²) in [4.78, 5) is 24.1. The summed E-state index contributed by atoms with van der Waals surface area (Å²) in [5.41, 5.74) is 0.982. The van der Waals surface area contributed by atoms with Gasteiger partial charge in [0, 0.05) is 18.8 Å². The fraction of sp³-hybridized carbons (Fsp3) is 0.556. The van der Waals surface area contributed by atoms with E-state index in [0.717, 1.165) is 0 Å². The van der Waals surface area contributed by atoms with Crippen LogP contribution in [0.3, 0.4) is 0 Å². The summed E-state index contributed by atoms with van der Waals surface area (Å²) in [6.45, 7) is 4.55. The lowest BCUT2D eigenvalue weighted by Gasteiger charge is -2.31. The molecule has 1 N–H and O–H groups in total. The largest absolute Gasteiger partial charge is 0.462 e. The number of piperidine rings is 1. The molecule has 1 amide bonds. The van der Waals surface area contributed by atoms with Crippen molar-refractivity contribution in [3.63, 3.8) is 0 Å². The van der Waals surface area contributed by atoms with Gasteiger partial charge in [0.05, 0.1) is 23.8 Å². The number of nitrogens with one attached hydrogen (secondary N) is 1. The topological polar surface area (TPSA) is 92.8 Å². The van der Waals surface area contributed by atoms with E-state index < -0.39 is 16.0 Å². The van der Waals surface area contributed by atoms with Crippen molar-refractivity contribution >= 4 is 27.6 Å². The normalized spacial score (nSPS) is 18.3. The molecular formula is C18H26N2O5S. The van der Waals surface area contributed by atoms with E-state index in [1.54, 1.807) is 31.2 Å². The zero-order valence-electron chi connectivity index (χ0n) is 15.2. The molecule has 1 heterocycles. The zero-order chi connectivity index (χ0) is 19.2. The Labute approximate surface area is 154 Å². The number of carbonyl (C=O) groups excluding carboxylic acids is 2. The molecule has 1 aliphatic rings. The Morgan fingerprint density at radius 1 is 1.23 bits per heavy atom. The summed E-state index contributed by atoms with van der Waals surface area (Å²) in [5.74, 6) is -0.878. The first kappa shape index (κ1) is 20.4. The Hall–Kier alpha value is -1.93. The molecule has 1 aromatic carbocycles. The van der Waals surface area contributed by atoms with Gasteiger partial charge in [-0.15, -0.1) is 0 Å². The van der Waals surface area contributed by atoms with Crippen LogP contribution in [-0.2, 0) is 19.6 Å². The van der Waals surface area contributed by atoms with Gasteiger partial charge in [0.25, 0.3) is 0 Å². The third kappa shape index (κ3) is 5.28. The van der Waals surface area contributed by atoms with Gasteiger partial charge < -0.3 is 10.1 Å². The third-order valence-corrected chi connectivity index (χ3v) is 6.32. The van der Waals surface area contributed by atoms with Crippen LogP contribution < -0.4 is 5.32 Å². The SMILES string of the molecule is CCCS(=O)(=O)N1CCC[C@@H](C(=O)Nc2ccc(C(=O)OCC)cc2)C1. The maximum Gasteiger partial charge on any atom is 0.338 e. The number of benzene rings is 1. The number of esters is 1. The first-order chi connectivity index (χ1) is 12.4. The lowest BCUT2D eigenvalue weighted by atomic mass is 9.98. The monoisotopic (exact) mass is 382 g/mol. The smallest absolute Gasteiger partial charge is 0.338 e. The molecule has 0 bridgehead atoms. The second-order valence-corrected chi connectivity index (χ2v) is 8.39. The number of ether oxygens (including phenoxy) is 1. The van der Waals surface area contributed by atoms with Crippen LogP contribution in [0.5, 0.6) is 0 Å². The summed E-state index contributed by atoms with van der Waals surface area (Å²) >= 11 is 0. The van der Waals surface area contributed by atoms with Crippen molar-refractivity contribution in [2.24, 2.45) is 5.92 Å². The van der Waals surface area contributed by atoms with Crippen molar-refractivity contribution in [1.82, 2.24) is 4.31 Å². The van der Waals surface area contributed by atoms with Gasteiger partial charge in [-0.05, 0) is 50.5 Å². The molecule has 144 valence electrons. The molecule has 26 heavy (non-hydrogen) atoms. The maximum atomic E-state index is 12.5. The highest BCUT2D eigenvalue weighted by Crippen LogP contribution is 2.22. The molecule has 2 rings (SSSR count). The van der Waals surface area contributed by atoms with Gasteiger partial charge in [-0.1, -0.05) is 6.92 Å². The summed E-state index contributed by atoms with van der Waals surface area (Å²) in [6.07, 6.45) is 1.89. The van der Waals surface area contributed by atoms with E-state index in [2.05, 4.69) is 5.32 Å². The van der Waals surface area contributed by atoms with Crippen LogP contribution in [0.15, 0.2) is 24.3 Å². The number of nitrogens with zero attached hydrogens (tertiary/aromatic N) is 1. The molecule has 0 aliphatic carbocycles. The first-order valence-corrected chi connectivity index (χ1v) is 10.5. The van der Waals surface area contributed by atoms with E-state index in [4.69, 9.17) is 4.74 Å². The summed E-state index contributed by atoms with van der Waals surface area (Å²) in [6, 6.07) is 6.45. The van der Waals surface area contributed by atoms with Gasteiger partial charge in [0.1, 0.15) is 0 Å². The quantitative estimate of drug-likeness (QED) is 0.730. The molecular weight excluding hydrogens is 356 g/mol. The summed E-state index contributed by atoms with van der Waals surface area (Å²) in [7, 11) is -3.29. The van der Waals surface area contributed by atoms with E-state index in [0.29, 0.717) is 43.7 Å². The van der Waals surface area contributed by atoms with E-state index in [1.807, 2.05) is 6.92 Å². The number of hydrogen-bond acceptors (Lipinski definition) is 5. The first-order valence-electron chi connectivity index (χ1n) is 8.93. The molecule has 1 aliphatic heterocycles. The highest BCUT2D eigenvalue weighted by molar-refractivity contribution is 7.89. The van der Waals surface area contributed by atoms with Gasteiger partial charge in [-0.2, -0.15) is 0 Å². The average Bonchev–Trinajstić information content (AvgIpc) is 2.62. The van der Waals surface area contributed by atoms with Crippen molar-refractivity contribution in [2.45, 2.75) is 33.1 Å². The minimum atomic E-state index is -3.29. The molecule has 1 atom stereocenters. The molecule has 0 unspecified atom stereocenters. The second-order valence-electron chi connectivity index (χ2n) is 6.30. The van der Waals surface area contributed by atoms with E-state index >= 15 is 0 Å². The Morgan fingerprint density at radius 3 is 2.54 bits per heavy atom. The number of hydrogen-bond donors (Lipinski definition) is 1. The molecule has 8 heteroatoms. The van der Waals surface area contributed by atoms with E-state index in [-0.39, 0.29) is 24.1 Å². The molecule has 1 saturated heterocycles. The van der Waals surface area contributed by atoms with Crippen LogP contribution in [0.4, 0.5) is 5.69 Å². The van der Waals surface area contributed by atoms with Crippen LogP contribution in [-0.4, -0.2) is 50.0 Å². The highest BCUT2D eigenvalue weighted by Gasteiger charge is 2.31. The maximum absolute atomic E-state index is 12.5. The molecule has 7 nitrogen and oxygen atoms in total. The predicted octanol–water partition coefficient (Wildman–Crippen LogP) is 2.25. The van der Waals surface area contributed by atoms with E-state index in [9.17, 15) is 18.0 Å². The molecule has 0 aromatic heterocycles. The second kappa shape index (κ2) is 9.14. The Morgan fingerprint density at radius 2 is 1.92 bits per heavy atom. The molecule has 1 aromatic rings. The number of rotatable bonds is 7. The van der Waals surface area contributed by atoms with Crippen LogP contribution >= 0.6 is 0 Å². The van der Waals surface area contributed by atoms with Crippen molar-refractivity contribution in [2.75, 3.05) is 30.8 Å². The fourth-order valence-corrected chi connectivity index (χ4v) is 4.53. The van der Waals surface area contributed by atoms with E-state index in [1.165, 1.54) is 4.31 Å². The summed E-state index contributed by atoms with van der Waals surface area (Å²) in [5, 5.41) is 2.80. The van der Waals surface area contributed by atoms with Crippen LogP contribution in [0.1, 0.15) is 43.5 Å². The Balaban J connectivity index is 1.97. The van der Waals surface area contributed by atoms with Crippen LogP contribution in [0, 0.1) is 5.92 Å². The number of carbonyl (C=O) groups is 2. The average molecular weight is 382 g/mol. The van der Waals surface area contributed by atoms with Crippen molar-refractivity contribution in [1.29, 1.82) is 0 Å².